The summed E-state index contributed by atoms with van der Waals surface area (Å²) in [5, 5.41) is 0. The van der Waals surface area contributed by atoms with E-state index in [1.807, 2.05) is 43.3 Å². The number of benzene rings is 2. The van der Waals surface area contributed by atoms with Crippen LogP contribution in [0.1, 0.15) is 46.6 Å². The number of fused-ring (bicyclic) bond motifs is 6. The molecule has 35 heavy (non-hydrogen) atoms. The van der Waals surface area contributed by atoms with Gasteiger partial charge in [-0.3, -0.25) is 0 Å². The van der Waals surface area contributed by atoms with Gasteiger partial charge in [0.25, 0.3) is 0 Å². The summed E-state index contributed by atoms with van der Waals surface area (Å²) in [4.78, 5) is 27.2. The summed E-state index contributed by atoms with van der Waals surface area (Å²) in [5.41, 5.74) is 3.41. The van der Waals surface area contributed by atoms with E-state index in [4.69, 9.17) is 24.2 Å². The summed E-state index contributed by atoms with van der Waals surface area (Å²) in [6.45, 7) is 10.6. The minimum atomic E-state index is -1.16. The number of hydrogen-bond donors (Lipinski definition) is 0. The normalized spacial score (nSPS) is 20.1. The molecule has 0 aliphatic carbocycles. The zero-order valence-corrected chi connectivity index (χ0v) is 20.2. The van der Waals surface area contributed by atoms with Crippen LogP contribution in [0, 0.1) is 6.92 Å². The standard InChI is InChI=1S/C27H28N4O4/c1-4-30(5-2)18-10-11-21-22(16-18)34-24-23(17(3)28-26(29-24)31-12-14-33-15-13-31)27(21)20-9-7-6-8-19(20)25(32)35-27/h6-11,16H,4-5,12-15H2,1-3H3. The molecule has 1 saturated heterocycles. The highest BCUT2D eigenvalue weighted by atomic mass is 16.6. The molecule has 2 aromatic carbocycles. The van der Waals surface area contributed by atoms with Gasteiger partial charge in [-0.05, 0) is 39.0 Å². The van der Waals surface area contributed by atoms with Crippen LogP contribution in [0.2, 0.25) is 0 Å². The van der Waals surface area contributed by atoms with Crippen LogP contribution in [0.15, 0.2) is 42.5 Å². The lowest BCUT2D eigenvalue weighted by molar-refractivity contribution is 0.0218. The average molecular weight is 473 g/mol. The molecule has 1 spiro atoms. The number of rotatable bonds is 4. The van der Waals surface area contributed by atoms with Crippen LogP contribution in [0.4, 0.5) is 11.6 Å². The van der Waals surface area contributed by atoms with Gasteiger partial charge in [-0.2, -0.15) is 4.98 Å². The number of esters is 1. The van der Waals surface area contributed by atoms with Crippen LogP contribution >= 0.6 is 0 Å². The van der Waals surface area contributed by atoms with Crippen molar-refractivity contribution in [2.24, 2.45) is 0 Å². The van der Waals surface area contributed by atoms with Crippen LogP contribution in [0.3, 0.4) is 0 Å². The summed E-state index contributed by atoms with van der Waals surface area (Å²) in [6.07, 6.45) is 0. The van der Waals surface area contributed by atoms with Gasteiger partial charge >= 0.3 is 5.97 Å². The molecule has 180 valence electrons. The van der Waals surface area contributed by atoms with Gasteiger partial charge in [-0.25, -0.2) is 9.78 Å². The van der Waals surface area contributed by atoms with E-state index in [1.165, 1.54) is 0 Å². The highest BCUT2D eigenvalue weighted by molar-refractivity contribution is 5.97. The van der Waals surface area contributed by atoms with E-state index in [0.29, 0.717) is 55.0 Å². The average Bonchev–Trinajstić information content (AvgIpc) is 3.17. The fraction of sp³-hybridized carbons (Fsp3) is 0.370. The van der Waals surface area contributed by atoms with E-state index in [1.54, 1.807) is 0 Å². The molecule has 1 atom stereocenters. The molecule has 3 aliphatic rings. The summed E-state index contributed by atoms with van der Waals surface area (Å²) < 4.78 is 18.3. The first-order valence-electron chi connectivity index (χ1n) is 12.2. The van der Waals surface area contributed by atoms with Crippen LogP contribution in [0.25, 0.3) is 0 Å². The van der Waals surface area contributed by atoms with E-state index in [-0.39, 0.29) is 5.97 Å². The lowest BCUT2D eigenvalue weighted by Crippen LogP contribution is -2.39. The predicted octanol–water partition coefficient (Wildman–Crippen LogP) is 4.04. The molecule has 4 heterocycles. The van der Waals surface area contributed by atoms with Crippen molar-refractivity contribution in [2.45, 2.75) is 26.4 Å². The minimum absolute atomic E-state index is 0.358. The summed E-state index contributed by atoms with van der Waals surface area (Å²) >= 11 is 0. The Kier molecular flexibility index (Phi) is 5.14. The number of carbonyl (C=O) groups is 1. The molecule has 1 aromatic heterocycles. The first-order valence-corrected chi connectivity index (χ1v) is 12.2. The van der Waals surface area contributed by atoms with Crippen LogP contribution < -0.4 is 14.5 Å². The third-order valence-electron chi connectivity index (χ3n) is 7.14. The van der Waals surface area contributed by atoms with Gasteiger partial charge in [-0.1, -0.05) is 18.2 Å². The van der Waals surface area contributed by atoms with Crippen molar-refractivity contribution in [2.75, 3.05) is 49.2 Å². The number of aryl methyl sites for hydroxylation is 1. The summed E-state index contributed by atoms with van der Waals surface area (Å²) in [5.74, 6) is 1.30. The molecular weight excluding hydrogens is 444 g/mol. The molecule has 8 heteroatoms. The topological polar surface area (TPSA) is 77.0 Å². The van der Waals surface area contributed by atoms with Crippen molar-refractivity contribution in [3.8, 4) is 11.6 Å². The quantitative estimate of drug-likeness (QED) is 0.527. The zero-order chi connectivity index (χ0) is 24.2. The second kappa shape index (κ2) is 8.23. The second-order valence-electron chi connectivity index (χ2n) is 8.96. The Balaban J connectivity index is 1.59. The smallest absolute Gasteiger partial charge is 0.340 e. The maximum Gasteiger partial charge on any atom is 0.340 e. The summed E-state index contributed by atoms with van der Waals surface area (Å²) in [7, 11) is 0. The first-order chi connectivity index (χ1) is 17.1. The molecule has 0 amide bonds. The van der Waals surface area contributed by atoms with Gasteiger partial charge in [0.2, 0.25) is 11.8 Å². The van der Waals surface area contributed by atoms with Crippen LogP contribution in [0.5, 0.6) is 11.6 Å². The molecule has 3 aromatic rings. The maximum atomic E-state index is 13.1. The minimum Gasteiger partial charge on any atom is -0.440 e. The summed E-state index contributed by atoms with van der Waals surface area (Å²) in [6, 6.07) is 13.6. The van der Waals surface area contributed by atoms with Crippen LogP contribution in [-0.4, -0.2) is 55.3 Å². The van der Waals surface area contributed by atoms with Crippen molar-refractivity contribution in [3.05, 3.63) is 70.4 Å². The molecule has 0 radical (unpaired) electrons. The van der Waals surface area contributed by atoms with E-state index in [2.05, 4.69) is 29.7 Å². The first kappa shape index (κ1) is 21.9. The van der Waals surface area contributed by atoms with E-state index in [9.17, 15) is 4.79 Å². The largest absolute Gasteiger partial charge is 0.440 e. The molecule has 3 aliphatic heterocycles. The highest BCUT2D eigenvalue weighted by Crippen LogP contribution is 2.56. The Labute approximate surface area is 204 Å². The van der Waals surface area contributed by atoms with Gasteiger partial charge in [0.05, 0.1) is 30.0 Å². The van der Waals surface area contributed by atoms with Gasteiger partial charge in [0.1, 0.15) is 5.75 Å². The molecule has 0 saturated carbocycles. The van der Waals surface area contributed by atoms with E-state index >= 15 is 0 Å². The highest BCUT2D eigenvalue weighted by Gasteiger charge is 2.55. The van der Waals surface area contributed by atoms with Gasteiger partial charge in [0, 0.05) is 49.1 Å². The third-order valence-corrected chi connectivity index (χ3v) is 7.14. The maximum absolute atomic E-state index is 13.1. The molecule has 1 unspecified atom stereocenters. The van der Waals surface area contributed by atoms with E-state index < -0.39 is 5.60 Å². The van der Waals surface area contributed by atoms with Crippen LogP contribution in [-0.2, 0) is 15.1 Å². The van der Waals surface area contributed by atoms with Crippen molar-refractivity contribution in [1.29, 1.82) is 0 Å². The Hall–Kier alpha value is -3.65. The number of nitrogens with zero attached hydrogens (tertiary/aromatic N) is 4. The second-order valence-corrected chi connectivity index (χ2v) is 8.96. The van der Waals surface area contributed by atoms with Gasteiger partial charge in [0.15, 0.2) is 5.60 Å². The van der Waals surface area contributed by atoms with Crippen molar-refractivity contribution in [1.82, 2.24) is 9.97 Å². The fourth-order valence-electron chi connectivity index (χ4n) is 5.43. The number of aromatic nitrogens is 2. The van der Waals surface area contributed by atoms with Gasteiger partial charge in [-0.15, -0.1) is 0 Å². The SMILES string of the molecule is CCN(CC)c1ccc2c(c1)Oc1nc(N3CCOCC3)nc(C)c1C21OC(=O)c2ccccc21. The van der Waals surface area contributed by atoms with Gasteiger partial charge < -0.3 is 24.0 Å². The molecule has 1 fully saturated rings. The van der Waals surface area contributed by atoms with Crippen molar-refractivity contribution < 1.29 is 19.0 Å². The zero-order valence-electron chi connectivity index (χ0n) is 20.2. The number of anilines is 2. The lowest BCUT2D eigenvalue weighted by atomic mass is 9.78. The Morgan fingerprint density at radius 1 is 1.03 bits per heavy atom. The molecule has 6 rings (SSSR count). The van der Waals surface area contributed by atoms with Crippen molar-refractivity contribution >= 4 is 17.6 Å². The Bertz CT molecular complexity index is 1320. The molecule has 0 N–H and O–H groups in total. The monoisotopic (exact) mass is 472 g/mol. The number of carbonyl (C=O) groups excluding carboxylic acids is 1. The molecule has 0 bridgehead atoms. The molecular formula is C27H28N4O4. The fourth-order valence-corrected chi connectivity index (χ4v) is 5.43. The third kappa shape index (κ3) is 3.20. The lowest BCUT2D eigenvalue weighted by Gasteiger charge is -2.38. The predicted molar refractivity (Wildman–Crippen MR) is 132 cm³/mol. The Morgan fingerprint density at radius 3 is 2.57 bits per heavy atom. The number of ether oxygens (including phenoxy) is 3. The number of hydrogen-bond acceptors (Lipinski definition) is 8. The molecule has 8 nitrogen and oxygen atoms in total. The van der Waals surface area contributed by atoms with E-state index in [0.717, 1.165) is 35.6 Å². The Morgan fingerprint density at radius 2 is 1.80 bits per heavy atom. The number of morpholine rings is 1. The van der Waals surface area contributed by atoms with Crippen molar-refractivity contribution in [3.63, 3.8) is 0 Å².